The van der Waals surface area contributed by atoms with E-state index in [1.165, 1.54) is 5.01 Å². The smallest absolute Gasteiger partial charge is 0.345 e. The summed E-state index contributed by atoms with van der Waals surface area (Å²) in [6, 6.07) is 13.2. The number of hydrogen-bond donors (Lipinski definition) is 1. The van der Waals surface area contributed by atoms with Gasteiger partial charge in [0.15, 0.2) is 0 Å². The molecule has 2 heterocycles. The van der Waals surface area contributed by atoms with Gasteiger partial charge in [-0.2, -0.15) is 0 Å². The van der Waals surface area contributed by atoms with Crippen LogP contribution in [-0.2, 0) is 18.9 Å². The van der Waals surface area contributed by atoms with Crippen molar-refractivity contribution >= 4 is 40.4 Å². The van der Waals surface area contributed by atoms with Gasteiger partial charge in [-0.05, 0) is 50.9 Å². The predicted molar refractivity (Wildman–Crippen MR) is 179 cm³/mol. The average molecular weight is 624 g/mol. The van der Waals surface area contributed by atoms with Gasteiger partial charge >= 0.3 is 5.63 Å². The van der Waals surface area contributed by atoms with Crippen LogP contribution in [0.2, 0.25) is 0 Å². The van der Waals surface area contributed by atoms with Gasteiger partial charge in [0, 0.05) is 55.6 Å². The predicted octanol–water partition coefficient (Wildman–Crippen LogP) is 3.91. The lowest BCUT2D eigenvalue weighted by Crippen LogP contribution is -2.32. The van der Waals surface area contributed by atoms with Crippen LogP contribution < -0.4 is 31.0 Å². The van der Waals surface area contributed by atoms with Crippen molar-refractivity contribution < 1.29 is 28.1 Å². The summed E-state index contributed by atoms with van der Waals surface area (Å²) in [6.45, 7) is 14.9. The number of benzene rings is 2. The molecule has 0 bridgehead atoms. The Kier molecular flexibility index (Phi) is 13.2. The topological polar surface area (TPSA) is 124 Å². The molecule has 45 heavy (non-hydrogen) atoms. The van der Waals surface area contributed by atoms with Crippen LogP contribution in [0.1, 0.15) is 19.4 Å². The van der Waals surface area contributed by atoms with Crippen LogP contribution in [-0.4, -0.2) is 92.9 Å². The second-order valence-electron chi connectivity index (χ2n) is 10.2. The summed E-state index contributed by atoms with van der Waals surface area (Å²) in [5.74, 6) is 7.08. The van der Waals surface area contributed by atoms with Crippen LogP contribution in [0, 0.1) is 0 Å². The maximum absolute atomic E-state index is 13.1. The third-order valence-electron chi connectivity index (χ3n) is 7.49. The first kappa shape index (κ1) is 33.9. The lowest BCUT2D eigenvalue weighted by atomic mass is 10.1. The highest BCUT2D eigenvalue weighted by Crippen LogP contribution is 2.33. The van der Waals surface area contributed by atoms with E-state index in [9.17, 15) is 4.79 Å². The minimum Gasteiger partial charge on any atom is -0.495 e. The fourth-order valence-electron chi connectivity index (χ4n) is 5.02. The third-order valence-corrected chi connectivity index (χ3v) is 7.49. The van der Waals surface area contributed by atoms with E-state index in [0.717, 1.165) is 29.9 Å². The molecule has 12 heteroatoms. The summed E-state index contributed by atoms with van der Waals surface area (Å²) in [5, 5.41) is 2.15. The molecule has 4 rings (SSSR count). The minimum atomic E-state index is -0.529. The van der Waals surface area contributed by atoms with Crippen molar-refractivity contribution in [3.05, 3.63) is 64.6 Å². The maximum atomic E-state index is 13.1. The molecule has 1 aromatic heterocycles. The highest BCUT2D eigenvalue weighted by atomic mass is 16.6. The average Bonchev–Trinajstić information content (AvgIpc) is 3.07. The first-order chi connectivity index (χ1) is 22.0. The second-order valence-corrected chi connectivity index (χ2v) is 10.2. The molecule has 0 amide bonds. The fraction of sp³-hybridized carbons (Fsp3) is 0.455. The van der Waals surface area contributed by atoms with Gasteiger partial charge in [-0.25, -0.2) is 10.6 Å². The van der Waals surface area contributed by atoms with E-state index in [0.29, 0.717) is 83.0 Å². The number of fused-ring (bicyclic) bond motifs is 1. The Labute approximate surface area is 264 Å². The zero-order valence-electron chi connectivity index (χ0n) is 26.5. The SMILES string of the molecule is C=N/C(=C\N(N)c1ccc(N2CCOCCOCCOCCOCC2)c(OC)c1)c1cc2ccc(N(CC)CC)cc2oc1=O. The normalized spacial score (nSPS) is 16.1. The van der Waals surface area contributed by atoms with Gasteiger partial charge in [-0.3, -0.25) is 10.0 Å². The van der Waals surface area contributed by atoms with E-state index < -0.39 is 5.63 Å². The Hall–Kier alpha value is -3.94. The summed E-state index contributed by atoms with van der Waals surface area (Å²) < 4.78 is 34.1. The monoisotopic (exact) mass is 623 g/mol. The Morgan fingerprint density at radius 1 is 0.911 bits per heavy atom. The molecular weight excluding hydrogens is 578 g/mol. The molecule has 0 radical (unpaired) electrons. The molecule has 2 N–H and O–H groups in total. The molecule has 3 aromatic rings. The molecule has 1 fully saturated rings. The summed E-state index contributed by atoms with van der Waals surface area (Å²) in [4.78, 5) is 21.5. The first-order valence-corrected chi connectivity index (χ1v) is 15.3. The molecule has 0 aliphatic carbocycles. The van der Waals surface area contributed by atoms with E-state index in [4.69, 9.17) is 33.9 Å². The number of nitrogens with two attached hydrogens (primary N) is 1. The number of aliphatic imine (C=N–C) groups is 1. The molecule has 12 nitrogen and oxygen atoms in total. The van der Waals surface area contributed by atoms with Crippen LogP contribution in [0.4, 0.5) is 17.1 Å². The molecule has 0 unspecified atom stereocenters. The second kappa shape index (κ2) is 17.5. The van der Waals surface area contributed by atoms with Crippen LogP contribution >= 0.6 is 0 Å². The maximum Gasteiger partial charge on any atom is 0.345 e. The number of anilines is 3. The third kappa shape index (κ3) is 9.28. The number of rotatable bonds is 9. The van der Waals surface area contributed by atoms with E-state index in [2.05, 4.69) is 35.4 Å². The van der Waals surface area contributed by atoms with Gasteiger partial charge in [-0.1, -0.05) is 0 Å². The molecule has 1 aliphatic heterocycles. The van der Waals surface area contributed by atoms with Crippen molar-refractivity contribution in [1.29, 1.82) is 0 Å². The number of nitrogens with zero attached hydrogens (tertiary/aromatic N) is 4. The zero-order valence-corrected chi connectivity index (χ0v) is 26.5. The fourth-order valence-corrected chi connectivity index (χ4v) is 5.02. The lowest BCUT2D eigenvalue weighted by molar-refractivity contribution is 0.00206. The number of hydrogen-bond acceptors (Lipinski definition) is 12. The van der Waals surface area contributed by atoms with Crippen molar-refractivity contribution in [2.45, 2.75) is 13.8 Å². The quantitative estimate of drug-likeness (QED) is 0.161. The number of methoxy groups -OCH3 is 1. The van der Waals surface area contributed by atoms with Gasteiger partial charge in [0.05, 0.1) is 82.6 Å². The Morgan fingerprint density at radius 2 is 1.51 bits per heavy atom. The molecular formula is C33H45N5O7. The van der Waals surface area contributed by atoms with E-state index in [1.54, 1.807) is 19.4 Å². The van der Waals surface area contributed by atoms with Gasteiger partial charge in [0.2, 0.25) is 0 Å². The minimum absolute atomic E-state index is 0.254. The van der Waals surface area contributed by atoms with Crippen molar-refractivity contribution in [3.8, 4) is 5.75 Å². The van der Waals surface area contributed by atoms with E-state index in [1.807, 2.05) is 36.4 Å². The van der Waals surface area contributed by atoms with Gasteiger partial charge in [0.1, 0.15) is 11.3 Å². The van der Waals surface area contributed by atoms with Crippen molar-refractivity contribution in [2.24, 2.45) is 10.8 Å². The zero-order chi connectivity index (χ0) is 32.0. The van der Waals surface area contributed by atoms with Gasteiger partial charge < -0.3 is 37.9 Å². The lowest BCUT2D eigenvalue weighted by Gasteiger charge is -2.27. The van der Waals surface area contributed by atoms with Crippen LogP contribution in [0.25, 0.3) is 16.7 Å². The Morgan fingerprint density at radius 3 is 2.09 bits per heavy atom. The summed E-state index contributed by atoms with van der Waals surface area (Å²) >= 11 is 0. The van der Waals surface area contributed by atoms with Crippen LogP contribution in [0.5, 0.6) is 5.75 Å². The molecule has 1 saturated heterocycles. The van der Waals surface area contributed by atoms with E-state index >= 15 is 0 Å². The van der Waals surface area contributed by atoms with Crippen molar-refractivity contribution in [1.82, 2.24) is 0 Å². The molecule has 244 valence electrons. The molecule has 2 aromatic carbocycles. The highest BCUT2D eigenvalue weighted by molar-refractivity contribution is 5.84. The Bertz CT molecular complexity index is 1460. The highest BCUT2D eigenvalue weighted by Gasteiger charge is 2.17. The van der Waals surface area contributed by atoms with Crippen molar-refractivity contribution in [3.63, 3.8) is 0 Å². The number of hydrazine groups is 1. The summed E-state index contributed by atoms with van der Waals surface area (Å²) in [5.41, 5.74) is 2.97. The molecule has 1 aliphatic rings. The van der Waals surface area contributed by atoms with Gasteiger partial charge in [0.25, 0.3) is 0 Å². The van der Waals surface area contributed by atoms with Crippen LogP contribution in [0.15, 0.2) is 62.9 Å². The molecule has 0 spiro atoms. The largest absolute Gasteiger partial charge is 0.495 e. The summed E-state index contributed by atoms with van der Waals surface area (Å²) in [6.07, 6.45) is 1.54. The van der Waals surface area contributed by atoms with E-state index in [-0.39, 0.29) is 11.3 Å². The van der Waals surface area contributed by atoms with Crippen LogP contribution in [0.3, 0.4) is 0 Å². The standard InChI is InChI=1S/C33H45N5O7/c1-5-36(6-2)26-8-7-25-21-28(33(39)45-31(25)22-26)29(35-3)24-38(34)27-9-10-30(32(23-27)40-4)37-11-13-41-15-17-43-19-20-44-18-16-42-14-12-37/h7-10,21-24H,3,5-6,11-20,34H2,1-2,4H3/b29-24-. The molecule has 0 atom stereocenters. The van der Waals surface area contributed by atoms with Gasteiger partial charge in [-0.15, -0.1) is 0 Å². The Balaban J connectivity index is 1.55. The summed E-state index contributed by atoms with van der Waals surface area (Å²) in [7, 11) is 1.61. The first-order valence-electron chi connectivity index (χ1n) is 15.3. The van der Waals surface area contributed by atoms with Crippen molar-refractivity contribution in [2.75, 3.05) is 101 Å². The molecule has 0 saturated carbocycles. The number of ether oxygens (including phenoxy) is 5.